The number of benzene rings is 2. The van der Waals surface area contributed by atoms with Crippen molar-refractivity contribution in [3.8, 4) is 11.1 Å². The van der Waals surface area contributed by atoms with Crippen molar-refractivity contribution >= 4 is 57.8 Å². The molecule has 0 aliphatic rings. The first-order valence-electron chi connectivity index (χ1n) is 11.9. The number of amides is 2. The third-order valence-corrected chi connectivity index (χ3v) is 7.63. The number of nitrogens with one attached hydrogen (secondary N) is 1. The van der Waals surface area contributed by atoms with E-state index < -0.39 is 0 Å². The molecule has 4 aromatic rings. The fourth-order valence-corrected chi connectivity index (χ4v) is 5.76. The second kappa shape index (κ2) is 12.1. The summed E-state index contributed by atoms with van der Waals surface area (Å²) < 4.78 is 6.43. The molecule has 8 heteroatoms. The largest absolute Gasteiger partial charge is 0.458 e. The van der Waals surface area contributed by atoms with Crippen molar-refractivity contribution in [2.75, 3.05) is 24.0 Å². The zero-order chi connectivity index (χ0) is 26.5. The van der Waals surface area contributed by atoms with Gasteiger partial charge in [0, 0.05) is 33.1 Å². The normalized spacial score (nSPS) is 11.1. The Bertz CT molecular complexity index is 1410. The Labute approximate surface area is 231 Å². The zero-order valence-corrected chi connectivity index (χ0v) is 23.8. The highest BCUT2D eigenvalue weighted by molar-refractivity contribution is 7.99. The van der Waals surface area contributed by atoms with Gasteiger partial charge < -0.3 is 9.73 Å². The molecule has 0 saturated heterocycles. The molecule has 37 heavy (non-hydrogen) atoms. The first kappa shape index (κ1) is 27.2. The van der Waals surface area contributed by atoms with Crippen LogP contribution in [0.25, 0.3) is 22.1 Å². The third kappa shape index (κ3) is 6.00. The maximum Gasteiger partial charge on any atom is 0.322 e. The summed E-state index contributed by atoms with van der Waals surface area (Å²) in [6, 6.07) is 15.7. The van der Waals surface area contributed by atoms with Gasteiger partial charge in [-0.15, -0.1) is 30.1 Å². The topological polar surface area (TPSA) is 58.4 Å². The van der Waals surface area contributed by atoms with Crippen molar-refractivity contribution in [2.24, 2.45) is 0 Å². The van der Waals surface area contributed by atoms with Crippen LogP contribution in [0.1, 0.15) is 23.4 Å². The molecule has 0 fully saturated rings. The van der Waals surface area contributed by atoms with Crippen molar-refractivity contribution < 1.29 is 9.21 Å². The number of anilines is 1. The fourth-order valence-electron chi connectivity index (χ4n) is 4.23. The van der Waals surface area contributed by atoms with Gasteiger partial charge in [-0.05, 0) is 68.7 Å². The lowest BCUT2D eigenvalue weighted by molar-refractivity contribution is 0.245. The number of aromatic nitrogens is 1. The van der Waals surface area contributed by atoms with Gasteiger partial charge in [-0.1, -0.05) is 41.4 Å². The van der Waals surface area contributed by atoms with Crippen LogP contribution in [-0.4, -0.2) is 30.1 Å². The van der Waals surface area contributed by atoms with Crippen LogP contribution in [0.15, 0.2) is 75.5 Å². The highest BCUT2D eigenvalue weighted by Gasteiger charge is 2.27. The molecule has 192 valence electrons. The Morgan fingerprint density at radius 1 is 1.14 bits per heavy atom. The number of nitrogens with zero attached hydrogens (tertiary/aromatic N) is 2. The lowest BCUT2D eigenvalue weighted by atomic mass is 10.0. The molecule has 4 rings (SSSR count). The molecule has 0 radical (unpaired) electrons. The molecule has 0 aliphatic heterocycles. The van der Waals surface area contributed by atoms with E-state index in [9.17, 15) is 4.79 Å². The van der Waals surface area contributed by atoms with Crippen molar-refractivity contribution in [3.05, 3.63) is 83.2 Å². The van der Waals surface area contributed by atoms with E-state index in [4.69, 9.17) is 21.0 Å². The number of aryl methyl sites for hydroxylation is 2. The molecule has 0 atom stereocenters. The molecule has 2 amide bonds. The minimum absolute atomic E-state index is 0.211. The summed E-state index contributed by atoms with van der Waals surface area (Å²) in [6.45, 7) is 8.52. The summed E-state index contributed by atoms with van der Waals surface area (Å²) in [5, 5.41) is 5.50. The van der Waals surface area contributed by atoms with Gasteiger partial charge in [0.05, 0.1) is 12.2 Å². The van der Waals surface area contributed by atoms with Crippen molar-refractivity contribution in [1.82, 2.24) is 10.3 Å². The minimum Gasteiger partial charge on any atom is -0.458 e. The highest BCUT2D eigenvalue weighted by Crippen LogP contribution is 2.41. The van der Waals surface area contributed by atoms with E-state index in [1.54, 1.807) is 22.7 Å². The Hall–Kier alpha value is -2.87. The number of furan rings is 1. The van der Waals surface area contributed by atoms with Crippen LogP contribution in [0.4, 0.5) is 10.5 Å². The number of urea groups is 1. The lowest BCUT2D eigenvalue weighted by Crippen LogP contribution is -2.40. The third-order valence-electron chi connectivity index (χ3n) is 5.96. The smallest absolute Gasteiger partial charge is 0.322 e. The highest BCUT2D eigenvalue weighted by atomic mass is 35.5. The van der Waals surface area contributed by atoms with E-state index >= 15 is 0 Å². The van der Waals surface area contributed by atoms with Gasteiger partial charge in [-0.3, -0.25) is 4.90 Å². The predicted octanol–water partition coefficient (Wildman–Crippen LogP) is 8.50. The van der Waals surface area contributed by atoms with E-state index in [2.05, 4.69) is 24.9 Å². The molecule has 0 saturated carbocycles. The molecule has 0 spiro atoms. The maximum atomic E-state index is 13.7. The number of halogens is 1. The number of hydrogen-bond acceptors (Lipinski definition) is 5. The Morgan fingerprint density at radius 3 is 2.57 bits per heavy atom. The van der Waals surface area contributed by atoms with Gasteiger partial charge >= 0.3 is 6.03 Å². The summed E-state index contributed by atoms with van der Waals surface area (Å²) in [5.74, 6) is 0.696. The molecule has 2 aromatic carbocycles. The number of pyridine rings is 1. The molecule has 2 heterocycles. The molecule has 5 nitrogen and oxygen atoms in total. The van der Waals surface area contributed by atoms with Crippen LogP contribution in [0.5, 0.6) is 0 Å². The average molecular weight is 552 g/mol. The summed E-state index contributed by atoms with van der Waals surface area (Å²) in [6.07, 6.45) is 6.46. The first-order valence-corrected chi connectivity index (χ1v) is 14.7. The fraction of sp³-hybridized carbons (Fsp3) is 0.241. The molecule has 0 unspecified atom stereocenters. The number of hydrogen-bond donors (Lipinski definition) is 1. The van der Waals surface area contributed by atoms with E-state index in [-0.39, 0.29) is 12.6 Å². The Kier molecular flexibility index (Phi) is 8.90. The molecular weight excluding hydrogens is 522 g/mol. The summed E-state index contributed by atoms with van der Waals surface area (Å²) in [5.41, 5.74) is 5.52. The number of rotatable bonds is 9. The SMILES string of the molecule is C=CCCNC(=O)N(Cc1oc2ccc(C)cc2c1-c1ccc(Cl)cc1)c1c(SC)cc(C)nc1SC. The van der Waals surface area contributed by atoms with Crippen molar-refractivity contribution in [2.45, 2.75) is 36.7 Å². The van der Waals surface area contributed by atoms with Crippen LogP contribution in [0, 0.1) is 13.8 Å². The lowest BCUT2D eigenvalue weighted by Gasteiger charge is -2.26. The molecule has 0 bridgehead atoms. The van der Waals surface area contributed by atoms with Gasteiger partial charge in [0.1, 0.15) is 16.4 Å². The monoisotopic (exact) mass is 551 g/mol. The summed E-state index contributed by atoms with van der Waals surface area (Å²) in [7, 11) is 0. The number of carbonyl (C=O) groups excluding carboxylic acids is 1. The van der Waals surface area contributed by atoms with Gasteiger partial charge in [0.25, 0.3) is 0 Å². The van der Waals surface area contributed by atoms with Crippen LogP contribution in [0.2, 0.25) is 5.02 Å². The Morgan fingerprint density at radius 2 is 1.89 bits per heavy atom. The van der Waals surface area contributed by atoms with Gasteiger partial charge in [0.2, 0.25) is 0 Å². The minimum atomic E-state index is -0.211. The number of fused-ring (bicyclic) bond motifs is 1. The van der Waals surface area contributed by atoms with Crippen LogP contribution in [0.3, 0.4) is 0 Å². The van der Waals surface area contributed by atoms with E-state index in [1.807, 2.05) is 61.9 Å². The van der Waals surface area contributed by atoms with Crippen molar-refractivity contribution in [3.63, 3.8) is 0 Å². The van der Waals surface area contributed by atoms with E-state index in [1.165, 1.54) is 11.8 Å². The first-order chi connectivity index (χ1) is 17.9. The molecule has 0 aliphatic carbocycles. The van der Waals surface area contributed by atoms with Gasteiger partial charge in [0.15, 0.2) is 0 Å². The number of carbonyl (C=O) groups is 1. The molecule has 1 N–H and O–H groups in total. The predicted molar refractivity (Wildman–Crippen MR) is 158 cm³/mol. The van der Waals surface area contributed by atoms with Gasteiger partial charge in [-0.2, -0.15) is 0 Å². The van der Waals surface area contributed by atoms with Gasteiger partial charge in [-0.25, -0.2) is 9.78 Å². The number of thioether (sulfide) groups is 2. The van der Waals surface area contributed by atoms with Crippen LogP contribution < -0.4 is 10.2 Å². The van der Waals surface area contributed by atoms with E-state index in [0.717, 1.165) is 49.0 Å². The zero-order valence-electron chi connectivity index (χ0n) is 21.4. The Balaban J connectivity index is 1.90. The second-order valence-electron chi connectivity index (χ2n) is 8.63. The van der Waals surface area contributed by atoms with Crippen molar-refractivity contribution in [1.29, 1.82) is 0 Å². The van der Waals surface area contributed by atoms with E-state index in [0.29, 0.717) is 23.7 Å². The quantitative estimate of drug-likeness (QED) is 0.128. The second-order valence-corrected chi connectivity index (χ2v) is 10.7. The summed E-state index contributed by atoms with van der Waals surface area (Å²) >= 11 is 9.32. The molecular formula is C29H30ClN3O2S2. The average Bonchev–Trinajstić information content (AvgIpc) is 3.24. The maximum absolute atomic E-state index is 13.7. The van der Waals surface area contributed by atoms with Crippen LogP contribution in [-0.2, 0) is 6.54 Å². The standard InChI is InChI=1S/C29H30ClN3O2S2/c1-6-7-14-31-29(34)33(27-25(36-4)16-19(3)32-28(27)37-5)17-24-26(20-9-11-21(30)12-10-20)22-15-18(2)8-13-23(22)35-24/h6,8-13,15-16H,1,7,14,17H2,2-5H3,(H,31,34). The van der Waals surface area contributed by atoms with Crippen LogP contribution >= 0.6 is 35.1 Å². The molecule has 2 aromatic heterocycles. The summed E-state index contributed by atoms with van der Waals surface area (Å²) in [4.78, 5) is 21.2.